The van der Waals surface area contributed by atoms with Gasteiger partial charge in [0, 0.05) is 70.2 Å². The normalized spacial score (nSPS) is 11.2. The van der Waals surface area contributed by atoms with Crippen molar-refractivity contribution in [1.29, 1.82) is 0 Å². The molecule has 0 fully saturated rings. The zero-order chi connectivity index (χ0) is 44.7. The third-order valence-electron chi connectivity index (χ3n) is 9.85. The molecule has 0 aliphatic rings. The van der Waals surface area contributed by atoms with Crippen molar-refractivity contribution in [3.8, 4) is 22.8 Å². The molecule has 61 heavy (non-hydrogen) atoms. The van der Waals surface area contributed by atoms with Crippen LogP contribution in [0.3, 0.4) is 0 Å². The molecule has 5 aromatic rings. The summed E-state index contributed by atoms with van der Waals surface area (Å²) in [5.74, 6) is -0.199. The molecule has 2 heterocycles. The molecule has 0 atom stereocenters. The maximum Gasteiger partial charge on any atom is 0.290 e. The molecule has 0 spiro atoms. The molecule has 2 amide bonds. The van der Waals surface area contributed by atoms with Crippen molar-refractivity contribution >= 4 is 62.9 Å². The number of amides is 2. The summed E-state index contributed by atoms with van der Waals surface area (Å²) in [4.78, 5) is 47.9. The summed E-state index contributed by atoms with van der Waals surface area (Å²) >= 11 is 0. The van der Waals surface area contributed by atoms with E-state index in [2.05, 4.69) is 39.1 Å². The first-order valence-electron chi connectivity index (χ1n) is 19.7. The number of carbonyl (C=O) groups excluding carboxylic acids is 2. The van der Waals surface area contributed by atoms with E-state index in [4.69, 9.17) is 20.2 Å². The first-order valence-corrected chi connectivity index (χ1v) is 19.7. The van der Waals surface area contributed by atoms with E-state index < -0.39 is 17.6 Å². The molecule has 0 unspecified atom stereocenters. The highest BCUT2D eigenvalue weighted by Gasteiger charge is 2.22. The number of rotatable bonds is 19. The topological polar surface area (TPSA) is 171 Å². The molecule has 5 N–H and O–H groups in total. The van der Waals surface area contributed by atoms with Crippen LogP contribution in [0.2, 0.25) is 0 Å². The van der Waals surface area contributed by atoms with Crippen molar-refractivity contribution in [2.75, 3.05) is 107 Å². The van der Waals surface area contributed by atoms with Gasteiger partial charge in [0.05, 0.1) is 52.4 Å². The van der Waals surface area contributed by atoms with Crippen molar-refractivity contribution < 1.29 is 23.5 Å². The number of aryl methyl sites for hydroxylation is 1. The second kappa shape index (κ2) is 19.6. The lowest BCUT2D eigenvalue weighted by Gasteiger charge is -2.26. The molecule has 17 heteroatoms. The number of benzene rings is 3. The van der Waals surface area contributed by atoms with E-state index in [0.29, 0.717) is 75.4 Å². The van der Waals surface area contributed by atoms with E-state index in [9.17, 15) is 9.59 Å². The fourth-order valence-electron chi connectivity index (χ4n) is 6.61. The summed E-state index contributed by atoms with van der Waals surface area (Å²) in [6, 6.07) is 11.8. The van der Waals surface area contributed by atoms with Crippen molar-refractivity contribution in [3.05, 3.63) is 85.3 Å². The van der Waals surface area contributed by atoms with Crippen molar-refractivity contribution in [2.24, 2.45) is 0 Å². The molecule has 0 bridgehead atoms. The van der Waals surface area contributed by atoms with Crippen LogP contribution < -0.4 is 41.0 Å². The van der Waals surface area contributed by atoms with Gasteiger partial charge in [0.2, 0.25) is 11.9 Å². The highest BCUT2D eigenvalue weighted by molar-refractivity contribution is 6.05. The van der Waals surface area contributed by atoms with Gasteiger partial charge in [-0.3, -0.25) is 9.59 Å². The van der Waals surface area contributed by atoms with Gasteiger partial charge in [-0.25, -0.2) is 19.3 Å². The summed E-state index contributed by atoms with van der Waals surface area (Å²) in [6.45, 7) is 16.1. The Morgan fingerprint density at radius 1 is 0.885 bits per heavy atom. The van der Waals surface area contributed by atoms with Crippen LogP contribution in [0.4, 0.5) is 44.5 Å². The Morgan fingerprint density at radius 3 is 2.10 bits per heavy atom. The summed E-state index contributed by atoms with van der Waals surface area (Å²) < 4.78 is 29.3. The van der Waals surface area contributed by atoms with Gasteiger partial charge >= 0.3 is 0 Å². The van der Waals surface area contributed by atoms with Crippen LogP contribution in [0, 0.1) is 12.7 Å². The lowest BCUT2D eigenvalue weighted by Crippen LogP contribution is -2.29. The summed E-state index contributed by atoms with van der Waals surface area (Å²) in [7, 11) is 13.2. The molecular formula is C44H57FN12O4. The molecule has 5 rings (SSSR count). The quantitative estimate of drug-likeness (QED) is 0.0404. The Morgan fingerprint density at radius 2 is 1.51 bits per heavy atom. The van der Waals surface area contributed by atoms with Crippen LogP contribution in [-0.2, 0) is 9.59 Å². The number of methoxy groups -OCH3 is 1. The van der Waals surface area contributed by atoms with Crippen molar-refractivity contribution in [1.82, 2.24) is 29.3 Å². The van der Waals surface area contributed by atoms with Gasteiger partial charge in [-0.05, 0) is 85.4 Å². The fourth-order valence-corrected chi connectivity index (χ4v) is 6.61. The van der Waals surface area contributed by atoms with Crippen LogP contribution >= 0.6 is 0 Å². The average molecular weight is 837 g/mol. The van der Waals surface area contributed by atoms with E-state index in [1.165, 1.54) is 19.3 Å². The first kappa shape index (κ1) is 45.4. The van der Waals surface area contributed by atoms with E-state index in [-0.39, 0.29) is 29.2 Å². The number of nitrogens with two attached hydrogens (primary N) is 1. The van der Waals surface area contributed by atoms with Gasteiger partial charge in [-0.2, -0.15) is 0 Å². The largest absolute Gasteiger partial charge is 0.494 e. The predicted octanol–water partition coefficient (Wildman–Crippen LogP) is 6.51. The van der Waals surface area contributed by atoms with Gasteiger partial charge in [0.1, 0.15) is 17.1 Å². The summed E-state index contributed by atoms with van der Waals surface area (Å²) in [6.07, 6.45) is 2.75. The summed E-state index contributed by atoms with van der Waals surface area (Å²) in [5, 5.41) is 8.99. The summed E-state index contributed by atoms with van der Waals surface area (Å²) in [5.41, 5.74) is 11.1. The molecule has 16 nitrogen and oxygen atoms in total. The maximum absolute atomic E-state index is 15.4. The van der Waals surface area contributed by atoms with Gasteiger partial charge < -0.3 is 55.3 Å². The van der Waals surface area contributed by atoms with Gasteiger partial charge in [0.15, 0.2) is 17.3 Å². The number of nitrogens with one attached hydrogen (secondary N) is 3. The average Bonchev–Trinajstić information content (AvgIpc) is 3.56. The molecule has 0 radical (unpaired) electrons. The minimum atomic E-state index is -0.643. The second-order valence-electron chi connectivity index (χ2n) is 15.4. The van der Waals surface area contributed by atoms with Gasteiger partial charge in [-0.1, -0.05) is 13.2 Å². The predicted molar refractivity (Wildman–Crippen MR) is 244 cm³/mol. The van der Waals surface area contributed by atoms with Crippen LogP contribution in [0.25, 0.3) is 22.3 Å². The van der Waals surface area contributed by atoms with E-state index >= 15 is 4.39 Å². The maximum atomic E-state index is 15.4. The van der Waals surface area contributed by atoms with Crippen LogP contribution in [0.15, 0.2) is 73.7 Å². The Bertz CT molecular complexity index is 2430. The number of nitrogen functional groups attached to an aromatic ring is 1. The molecule has 0 saturated heterocycles. The number of ether oxygens (including phenoxy) is 2. The van der Waals surface area contributed by atoms with Crippen molar-refractivity contribution in [2.45, 2.75) is 26.8 Å². The number of aromatic nitrogens is 4. The second-order valence-corrected chi connectivity index (χ2v) is 15.4. The number of anilines is 7. The number of carbonyl (C=O) groups is 2. The van der Waals surface area contributed by atoms with E-state index in [1.54, 1.807) is 36.5 Å². The number of halogens is 1. The Hall–Kier alpha value is -6.72. The van der Waals surface area contributed by atoms with Crippen molar-refractivity contribution in [3.63, 3.8) is 0 Å². The minimum Gasteiger partial charge on any atom is -0.494 e. The standard InChI is InChI=1S/C44H57FN12O4/c1-13-41(58)49-33-22-31(46)39(24-36(33)55(10)18-16-53(6)7)61-27(4)43(59)50-34-23-35(40(60-12)25-37(34)56(11)19-17-54(8)9)52-44-47-15-14-32(51-44)29-20-30(45)42-38(21-29)57(26(2)3)28(5)48-42/h13-15,20-26H,1,4,16-19,46H2,2-3,5-12H3,(H,49,58)(H,50,59)(H,47,51,52). The highest BCUT2D eigenvalue weighted by Crippen LogP contribution is 2.40. The minimum absolute atomic E-state index is 0.0682. The number of nitrogens with zero attached hydrogens (tertiary/aromatic N) is 8. The molecule has 324 valence electrons. The fraction of sp³-hybridized carbons (Fsp3) is 0.341. The number of hydrogen-bond donors (Lipinski definition) is 4. The van der Waals surface area contributed by atoms with Gasteiger partial charge in [-0.15, -0.1) is 0 Å². The molecule has 3 aromatic carbocycles. The number of imidazole rings is 1. The van der Waals surface area contributed by atoms with E-state index in [0.717, 1.165) is 13.1 Å². The SMILES string of the molecule is C=CC(=O)Nc1cc(N)c(OC(=C)C(=O)Nc2cc(Nc3nccc(-c4cc(F)c5nc(C)n(C(C)C)c5c4)n3)c(OC)cc2N(C)CCN(C)C)cc1N(C)CCN(C)C. The van der Waals surface area contributed by atoms with Crippen LogP contribution in [0.5, 0.6) is 11.5 Å². The zero-order valence-corrected chi connectivity index (χ0v) is 36.7. The Kier molecular flexibility index (Phi) is 14.5. The monoisotopic (exact) mass is 836 g/mol. The van der Waals surface area contributed by atoms with Gasteiger partial charge in [0.25, 0.3) is 5.91 Å². The number of likely N-dealkylation sites (N-methyl/N-ethyl adjacent to an activating group) is 4. The number of hydrogen-bond acceptors (Lipinski definition) is 13. The van der Waals surface area contributed by atoms with Crippen LogP contribution in [0.1, 0.15) is 25.7 Å². The third kappa shape index (κ3) is 10.9. The molecular weight excluding hydrogens is 780 g/mol. The highest BCUT2D eigenvalue weighted by atomic mass is 19.1. The smallest absolute Gasteiger partial charge is 0.290 e. The Balaban J connectivity index is 1.47. The lowest BCUT2D eigenvalue weighted by molar-refractivity contribution is -0.114. The zero-order valence-electron chi connectivity index (χ0n) is 36.7. The molecule has 2 aromatic heterocycles. The molecule has 0 saturated carbocycles. The third-order valence-corrected chi connectivity index (χ3v) is 9.85. The lowest BCUT2D eigenvalue weighted by atomic mass is 10.1. The van der Waals surface area contributed by atoms with Crippen LogP contribution in [-0.4, -0.2) is 117 Å². The number of fused-ring (bicyclic) bond motifs is 1. The first-order chi connectivity index (χ1) is 28.9. The molecule has 0 aliphatic heterocycles. The van der Waals surface area contributed by atoms with E-state index in [1.807, 2.05) is 93.3 Å². The molecule has 0 aliphatic carbocycles. The Labute approximate surface area is 356 Å².